The van der Waals surface area contributed by atoms with Crippen LogP contribution in [0, 0.1) is 0 Å². The molecule has 0 fully saturated rings. The van der Waals surface area contributed by atoms with Gasteiger partial charge in [-0.05, 0) is 44.8 Å². The van der Waals surface area contributed by atoms with E-state index in [1.807, 2.05) is 13.0 Å². The number of hydrogen-bond acceptors (Lipinski definition) is 5. The third kappa shape index (κ3) is 3.11. The first-order valence-electron chi connectivity index (χ1n) is 4.96. The molecular formula is C10H10Br2N4O. The van der Waals surface area contributed by atoms with Crippen molar-refractivity contribution < 1.29 is 4.52 Å². The summed E-state index contributed by atoms with van der Waals surface area (Å²) in [5, 5.41) is 3.88. The van der Waals surface area contributed by atoms with E-state index in [9.17, 15) is 0 Å². The van der Waals surface area contributed by atoms with Crippen LogP contribution in [0.3, 0.4) is 0 Å². The van der Waals surface area contributed by atoms with Gasteiger partial charge >= 0.3 is 0 Å². The SMILES string of the molecule is CC(N)Cc1nc(-c2ncc(Br)cc2Br)no1. The van der Waals surface area contributed by atoms with E-state index in [4.69, 9.17) is 10.3 Å². The fourth-order valence-corrected chi connectivity index (χ4v) is 2.45. The minimum atomic E-state index is -0.00961. The Balaban J connectivity index is 2.30. The number of nitrogens with two attached hydrogens (primary N) is 1. The molecule has 0 saturated carbocycles. The second kappa shape index (κ2) is 5.24. The Morgan fingerprint density at radius 1 is 1.47 bits per heavy atom. The first-order chi connectivity index (χ1) is 8.06. The first-order valence-corrected chi connectivity index (χ1v) is 6.54. The van der Waals surface area contributed by atoms with Gasteiger partial charge in [0, 0.05) is 27.6 Å². The van der Waals surface area contributed by atoms with Crippen LogP contribution in [0.4, 0.5) is 0 Å². The number of pyridine rings is 1. The molecular weight excluding hydrogens is 352 g/mol. The van der Waals surface area contributed by atoms with Crippen LogP contribution in [0.25, 0.3) is 11.5 Å². The molecule has 0 bridgehead atoms. The molecule has 2 rings (SSSR count). The monoisotopic (exact) mass is 360 g/mol. The maximum atomic E-state index is 5.66. The molecule has 2 heterocycles. The van der Waals surface area contributed by atoms with E-state index in [1.54, 1.807) is 6.20 Å². The van der Waals surface area contributed by atoms with Crippen LogP contribution in [-0.4, -0.2) is 21.2 Å². The fourth-order valence-electron chi connectivity index (χ4n) is 1.29. The topological polar surface area (TPSA) is 77.8 Å². The van der Waals surface area contributed by atoms with Gasteiger partial charge in [-0.3, -0.25) is 4.98 Å². The Morgan fingerprint density at radius 2 is 2.24 bits per heavy atom. The van der Waals surface area contributed by atoms with Crippen molar-refractivity contribution in [2.75, 3.05) is 0 Å². The predicted molar refractivity (Wildman–Crippen MR) is 70.3 cm³/mol. The van der Waals surface area contributed by atoms with Gasteiger partial charge in [0.05, 0.1) is 0 Å². The third-order valence-corrected chi connectivity index (χ3v) is 3.02. The van der Waals surface area contributed by atoms with E-state index in [1.165, 1.54) is 0 Å². The number of nitrogens with zero attached hydrogens (tertiary/aromatic N) is 3. The Bertz CT molecular complexity index is 527. The molecule has 17 heavy (non-hydrogen) atoms. The van der Waals surface area contributed by atoms with E-state index in [0.717, 1.165) is 8.95 Å². The zero-order valence-electron chi connectivity index (χ0n) is 9.02. The lowest BCUT2D eigenvalue weighted by atomic mass is 10.2. The van der Waals surface area contributed by atoms with Gasteiger partial charge in [-0.1, -0.05) is 5.16 Å². The number of aromatic nitrogens is 3. The van der Waals surface area contributed by atoms with Crippen LogP contribution in [0.2, 0.25) is 0 Å². The molecule has 2 N–H and O–H groups in total. The largest absolute Gasteiger partial charge is 0.339 e. The average Bonchev–Trinajstić information content (AvgIpc) is 2.65. The highest BCUT2D eigenvalue weighted by Gasteiger charge is 2.14. The second-order valence-corrected chi connectivity index (χ2v) is 5.45. The van der Waals surface area contributed by atoms with Crippen molar-refractivity contribution in [3.8, 4) is 11.5 Å². The number of hydrogen-bond donors (Lipinski definition) is 1. The molecule has 2 aromatic rings. The summed E-state index contributed by atoms with van der Waals surface area (Å²) < 4.78 is 6.79. The van der Waals surface area contributed by atoms with Crippen LogP contribution in [0.5, 0.6) is 0 Å². The van der Waals surface area contributed by atoms with Gasteiger partial charge in [-0.15, -0.1) is 0 Å². The van der Waals surface area contributed by atoms with Crippen molar-refractivity contribution in [1.82, 2.24) is 15.1 Å². The molecule has 0 spiro atoms. The predicted octanol–water partition coefficient (Wildman–Crippen LogP) is 2.55. The Morgan fingerprint density at radius 3 is 2.88 bits per heavy atom. The molecule has 0 saturated heterocycles. The van der Waals surface area contributed by atoms with Crippen molar-refractivity contribution in [1.29, 1.82) is 0 Å². The van der Waals surface area contributed by atoms with Crippen LogP contribution >= 0.6 is 31.9 Å². The molecule has 5 nitrogen and oxygen atoms in total. The van der Waals surface area contributed by atoms with Crippen molar-refractivity contribution in [2.24, 2.45) is 5.73 Å². The van der Waals surface area contributed by atoms with Crippen LogP contribution in [0.15, 0.2) is 25.7 Å². The van der Waals surface area contributed by atoms with E-state index < -0.39 is 0 Å². The summed E-state index contributed by atoms with van der Waals surface area (Å²) in [6.45, 7) is 1.89. The smallest absolute Gasteiger partial charge is 0.228 e. The number of halogens is 2. The quantitative estimate of drug-likeness (QED) is 0.908. The van der Waals surface area contributed by atoms with Gasteiger partial charge in [0.15, 0.2) is 0 Å². The van der Waals surface area contributed by atoms with Crippen molar-refractivity contribution >= 4 is 31.9 Å². The van der Waals surface area contributed by atoms with Crippen LogP contribution in [0.1, 0.15) is 12.8 Å². The highest BCUT2D eigenvalue weighted by atomic mass is 79.9. The van der Waals surface area contributed by atoms with E-state index in [0.29, 0.717) is 23.8 Å². The van der Waals surface area contributed by atoms with E-state index >= 15 is 0 Å². The molecule has 90 valence electrons. The normalized spacial score (nSPS) is 12.7. The summed E-state index contributed by atoms with van der Waals surface area (Å²) in [7, 11) is 0. The lowest BCUT2D eigenvalue weighted by Gasteiger charge is -1.98. The lowest BCUT2D eigenvalue weighted by molar-refractivity contribution is 0.372. The van der Waals surface area contributed by atoms with Crippen LogP contribution < -0.4 is 5.73 Å². The summed E-state index contributed by atoms with van der Waals surface area (Å²) in [6.07, 6.45) is 2.24. The Kier molecular flexibility index (Phi) is 3.90. The molecule has 1 unspecified atom stereocenters. The fraction of sp³-hybridized carbons (Fsp3) is 0.300. The molecule has 2 aromatic heterocycles. The molecule has 0 amide bonds. The van der Waals surface area contributed by atoms with Gasteiger partial charge in [0.1, 0.15) is 5.69 Å². The number of rotatable bonds is 3. The van der Waals surface area contributed by atoms with Gasteiger partial charge in [-0.25, -0.2) is 0 Å². The highest BCUT2D eigenvalue weighted by Crippen LogP contribution is 2.26. The molecule has 0 aliphatic carbocycles. The zero-order chi connectivity index (χ0) is 12.4. The average molecular weight is 362 g/mol. The summed E-state index contributed by atoms with van der Waals surface area (Å²) in [6, 6.07) is 1.87. The van der Waals surface area contributed by atoms with Crippen LogP contribution in [-0.2, 0) is 6.42 Å². The molecule has 1 atom stereocenters. The summed E-state index contributed by atoms with van der Waals surface area (Å²) >= 11 is 6.74. The van der Waals surface area contributed by atoms with E-state index in [-0.39, 0.29) is 6.04 Å². The first kappa shape index (κ1) is 12.7. The van der Waals surface area contributed by atoms with Crippen molar-refractivity contribution in [3.05, 3.63) is 27.1 Å². The molecule has 0 aliphatic rings. The second-order valence-electron chi connectivity index (χ2n) is 3.68. The minimum Gasteiger partial charge on any atom is -0.339 e. The van der Waals surface area contributed by atoms with Gasteiger partial charge in [-0.2, -0.15) is 4.98 Å². The maximum Gasteiger partial charge on any atom is 0.228 e. The highest BCUT2D eigenvalue weighted by molar-refractivity contribution is 9.11. The summed E-state index contributed by atoms with van der Waals surface area (Å²) in [4.78, 5) is 8.48. The minimum absolute atomic E-state index is 0.00961. The zero-order valence-corrected chi connectivity index (χ0v) is 12.2. The maximum absolute atomic E-state index is 5.66. The van der Waals surface area contributed by atoms with Crippen molar-refractivity contribution in [3.63, 3.8) is 0 Å². The Hall–Kier alpha value is -0.790. The van der Waals surface area contributed by atoms with Gasteiger partial charge in [0.25, 0.3) is 0 Å². The van der Waals surface area contributed by atoms with Crippen molar-refractivity contribution in [2.45, 2.75) is 19.4 Å². The molecule has 7 heteroatoms. The molecule has 0 radical (unpaired) electrons. The summed E-state index contributed by atoms with van der Waals surface area (Å²) in [5.74, 6) is 0.978. The molecule has 0 aromatic carbocycles. The van der Waals surface area contributed by atoms with Gasteiger partial charge < -0.3 is 10.3 Å². The molecule has 0 aliphatic heterocycles. The Labute approximate surface area is 115 Å². The standard InChI is InChI=1S/C10H10Br2N4O/c1-5(13)2-8-15-10(16-17-8)9-7(12)3-6(11)4-14-9/h3-5H,2,13H2,1H3. The lowest BCUT2D eigenvalue weighted by Crippen LogP contribution is -2.17. The summed E-state index contributed by atoms with van der Waals surface area (Å²) in [5.41, 5.74) is 6.31. The third-order valence-electron chi connectivity index (χ3n) is 1.98. The van der Waals surface area contributed by atoms with Gasteiger partial charge in [0.2, 0.25) is 11.7 Å². The van der Waals surface area contributed by atoms with E-state index in [2.05, 4.69) is 47.0 Å².